The lowest BCUT2D eigenvalue weighted by molar-refractivity contribution is 1.09. The molecule has 0 radical (unpaired) electrons. The topological polar surface area (TPSA) is 37.8 Å². The first-order valence-electron chi connectivity index (χ1n) is 4.45. The number of hydrogen-bond acceptors (Lipinski definition) is 5. The average molecular weight is 225 g/mol. The number of aryl methyl sites for hydroxylation is 1. The summed E-state index contributed by atoms with van der Waals surface area (Å²) in [4.78, 5) is 9.71. The second kappa shape index (κ2) is 4.52. The van der Waals surface area contributed by atoms with Crippen molar-refractivity contribution in [2.45, 2.75) is 19.9 Å². The lowest BCUT2D eigenvalue weighted by atomic mass is 10.5. The Balaban J connectivity index is 1.92. The second-order valence-corrected chi connectivity index (χ2v) is 4.86. The van der Waals surface area contributed by atoms with Gasteiger partial charge in [0.25, 0.3) is 0 Å². The summed E-state index contributed by atoms with van der Waals surface area (Å²) >= 11 is 3.37. The molecule has 0 aliphatic rings. The maximum atomic E-state index is 4.30. The van der Waals surface area contributed by atoms with E-state index in [-0.39, 0.29) is 0 Å². The number of hydrogen-bond donors (Lipinski definition) is 1. The molecule has 2 aromatic rings. The lowest BCUT2D eigenvalue weighted by Crippen LogP contribution is -1.95. The van der Waals surface area contributed by atoms with Gasteiger partial charge in [0.15, 0.2) is 5.13 Å². The number of rotatable bonds is 4. The van der Waals surface area contributed by atoms with Gasteiger partial charge in [-0.25, -0.2) is 9.97 Å². The minimum Gasteiger partial charge on any atom is -0.357 e. The van der Waals surface area contributed by atoms with Crippen molar-refractivity contribution in [1.82, 2.24) is 9.97 Å². The Bertz CT molecular complexity index is 380. The predicted octanol–water partition coefficient (Wildman–Crippen LogP) is 2.77. The van der Waals surface area contributed by atoms with Gasteiger partial charge in [0.2, 0.25) is 0 Å². The summed E-state index contributed by atoms with van der Waals surface area (Å²) in [6.45, 7) is 2.95. The molecule has 0 unspecified atom stereocenters. The van der Waals surface area contributed by atoms with Crippen LogP contribution in [0.2, 0.25) is 0 Å². The average Bonchev–Trinajstić information content (AvgIpc) is 2.86. The normalized spacial score (nSPS) is 10.4. The Morgan fingerprint density at radius 2 is 2.36 bits per heavy atom. The minimum atomic E-state index is 0.825. The number of thiazole rings is 2. The van der Waals surface area contributed by atoms with Crippen LogP contribution in [0.15, 0.2) is 17.8 Å². The van der Waals surface area contributed by atoms with E-state index in [4.69, 9.17) is 0 Å². The first kappa shape index (κ1) is 9.61. The largest absolute Gasteiger partial charge is 0.357 e. The molecule has 1 N–H and O–H groups in total. The smallest absolute Gasteiger partial charge is 0.182 e. The second-order valence-electron chi connectivity index (χ2n) is 2.76. The molecule has 0 bridgehead atoms. The van der Waals surface area contributed by atoms with Crippen LogP contribution in [0.4, 0.5) is 5.13 Å². The van der Waals surface area contributed by atoms with Crippen LogP contribution < -0.4 is 5.32 Å². The van der Waals surface area contributed by atoms with E-state index < -0.39 is 0 Å². The Labute approximate surface area is 90.9 Å². The van der Waals surface area contributed by atoms with E-state index in [1.54, 1.807) is 28.9 Å². The Morgan fingerprint density at radius 1 is 1.43 bits per heavy atom. The molecule has 2 aromatic heterocycles. The van der Waals surface area contributed by atoms with Crippen molar-refractivity contribution in [2.75, 3.05) is 5.32 Å². The van der Waals surface area contributed by atoms with Crippen LogP contribution >= 0.6 is 22.7 Å². The molecule has 3 nitrogen and oxygen atoms in total. The van der Waals surface area contributed by atoms with Crippen LogP contribution in [0.25, 0.3) is 0 Å². The van der Waals surface area contributed by atoms with Crippen molar-refractivity contribution in [3.8, 4) is 0 Å². The quantitative estimate of drug-likeness (QED) is 0.869. The molecule has 0 saturated heterocycles. The van der Waals surface area contributed by atoms with Crippen LogP contribution in [0.5, 0.6) is 0 Å². The van der Waals surface area contributed by atoms with E-state index in [2.05, 4.69) is 22.2 Å². The number of nitrogens with zero attached hydrogens (tertiary/aromatic N) is 2. The fourth-order valence-electron chi connectivity index (χ4n) is 1.07. The van der Waals surface area contributed by atoms with Crippen molar-refractivity contribution in [2.24, 2.45) is 0 Å². The highest BCUT2D eigenvalue weighted by molar-refractivity contribution is 7.13. The third kappa shape index (κ3) is 2.30. The van der Waals surface area contributed by atoms with E-state index >= 15 is 0 Å². The fraction of sp³-hybridized carbons (Fsp3) is 0.333. The summed E-state index contributed by atoms with van der Waals surface area (Å²) in [7, 11) is 0. The number of nitrogens with one attached hydrogen (secondary N) is 1. The molecule has 0 aliphatic heterocycles. The van der Waals surface area contributed by atoms with Crippen molar-refractivity contribution in [3.63, 3.8) is 0 Å². The molecular formula is C9H11N3S2. The Hall–Kier alpha value is -0.940. The highest BCUT2D eigenvalue weighted by Crippen LogP contribution is 2.16. The third-order valence-electron chi connectivity index (χ3n) is 1.75. The zero-order chi connectivity index (χ0) is 9.80. The molecule has 0 aliphatic carbocycles. The molecule has 74 valence electrons. The van der Waals surface area contributed by atoms with Crippen LogP contribution in [0.3, 0.4) is 0 Å². The van der Waals surface area contributed by atoms with E-state index in [9.17, 15) is 0 Å². The molecule has 0 spiro atoms. The summed E-state index contributed by atoms with van der Waals surface area (Å²) in [5, 5.41) is 7.39. The molecule has 14 heavy (non-hydrogen) atoms. The zero-order valence-electron chi connectivity index (χ0n) is 7.86. The van der Waals surface area contributed by atoms with Gasteiger partial charge in [-0.15, -0.1) is 22.7 Å². The van der Waals surface area contributed by atoms with Gasteiger partial charge in [-0.05, 0) is 6.42 Å². The molecule has 0 aromatic carbocycles. The first-order chi connectivity index (χ1) is 6.88. The van der Waals surface area contributed by atoms with Crippen molar-refractivity contribution in [3.05, 3.63) is 27.7 Å². The van der Waals surface area contributed by atoms with Gasteiger partial charge in [-0.1, -0.05) is 6.92 Å². The SMILES string of the molecule is CCc1ncc(CNc2nccs2)s1. The molecule has 0 amide bonds. The molecule has 0 atom stereocenters. The summed E-state index contributed by atoms with van der Waals surface area (Å²) in [5.41, 5.74) is 0. The lowest BCUT2D eigenvalue weighted by Gasteiger charge is -1.97. The summed E-state index contributed by atoms with van der Waals surface area (Å²) in [5.74, 6) is 0. The van der Waals surface area contributed by atoms with Crippen LogP contribution in [0, 0.1) is 0 Å². The fourth-order valence-corrected chi connectivity index (χ4v) is 2.40. The van der Waals surface area contributed by atoms with Crippen LogP contribution in [-0.4, -0.2) is 9.97 Å². The zero-order valence-corrected chi connectivity index (χ0v) is 9.49. The summed E-state index contributed by atoms with van der Waals surface area (Å²) in [6.07, 6.45) is 4.75. The Morgan fingerprint density at radius 3 is 3.00 bits per heavy atom. The van der Waals surface area contributed by atoms with E-state index in [0.717, 1.165) is 18.1 Å². The predicted molar refractivity (Wildman–Crippen MR) is 60.9 cm³/mol. The van der Waals surface area contributed by atoms with Gasteiger partial charge in [-0.2, -0.15) is 0 Å². The van der Waals surface area contributed by atoms with E-state index in [1.807, 2.05) is 11.6 Å². The molecule has 0 saturated carbocycles. The maximum Gasteiger partial charge on any atom is 0.182 e. The van der Waals surface area contributed by atoms with Crippen LogP contribution in [-0.2, 0) is 13.0 Å². The number of anilines is 1. The maximum absolute atomic E-state index is 4.30. The minimum absolute atomic E-state index is 0.825. The van der Waals surface area contributed by atoms with Crippen molar-refractivity contribution < 1.29 is 0 Å². The molecular weight excluding hydrogens is 214 g/mol. The monoisotopic (exact) mass is 225 g/mol. The van der Waals surface area contributed by atoms with Crippen molar-refractivity contribution in [1.29, 1.82) is 0 Å². The Kier molecular flexibility index (Phi) is 3.10. The molecule has 2 rings (SSSR count). The number of aromatic nitrogens is 2. The van der Waals surface area contributed by atoms with E-state index in [0.29, 0.717) is 0 Å². The molecule has 0 fully saturated rings. The van der Waals surface area contributed by atoms with Gasteiger partial charge in [0.1, 0.15) is 0 Å². The summed E-state index contributed by atoms with van der Waals surface area (Å²) < 4.78 is 0. The molecule has 5 heteroatoms. The van der Waals surface area contributed by atoms with Crippen molar-refractivity contribution >= 4 is 27.8 Å². The summed E-state index contributed by atoms with van der Waals surface area (Å²) in [6, 6.07) is 0. The molecule has 2 heterocycles. The van der Waals surface area contributed by atoms with E-state index in [1.165, 1.54) is 9.88 Å². The van der Waals surface area contributed by atoms with Gasteiger partial charge in [0.05, 0.1) is 11.6 Å². The van der Waals surface area contributed by atoms with Gasteiger partial charge >= 0.3 is 0 Å². The van der Waals surface area contributed by atoms with Gasteiger partial charge in [-0.3, -0.25) is 0 Å². The first-order valence-corrected chi connectivity index (χ1v) is 6.15. The van der Waals surface area contributed by atoms with Crippen LogP contribution in [0.1, 0.15) is 16.8 Å². The van der Waals surface area contributed by atoms with Gasteiger partial charge in [0, 0.05) is 22.7 Å². The standard InChI is InChI=1S/C9H11N3S2/c1-2-8-11-5-7(14-8)6-12-9-10-3-4-13-9/h3-5H,2,6H2,1H3,(H,10,12). The highest BCUT2D eigenvalue weighted by atomic mass is 32.1. The third-order valence-corrected chi connectivity index (χ3v) is 3.62. The van der Waals surface area contributed by atoms with Gasteiger partial charge < -0.3 is 5.32 Å². The highest BCUT2D eigenvalue weighted by Gasteiger charge is 2.00.